The number of rotatable bonds is 4. The molecule has 1 aromatic carbocycles. The minimum absolute atomic E-state index is 0.0598. The predicted molar refractivity (Wildman–Crippen MR) is 120 cm³/mol. The van der Waals surface area contributed by atoms with Gasteiger partial charge >= 0.3 is 0 Å². The number of aromatic nitrogens is 3. The lowest BCUT2D eigenvalue weighted by Crippen LogP contribution is -2.20. The highest BCUT2D eigenvalue weighted by Crippen LogP contribution is 2.39. The van der Waals surface area contributed by atoms with E-state index in [1.165, 1.54) is 46.6 Å². The second-order valence-electron chi connectivity index (χ2n) is 8.25. The van der Waals surface area contributed by atoms with Crippen molar-refractivity contribution in [2.24, 2.45) is 0 Å². The first-order valence-corrected chi connectivity index (χ1v) is 11.3. The summed E-state index contributed by atoms with van der Waals surface area (Å²) in [6.45, 7) is 5.07. The summed E-state index contributed by atoms with van der Waals surface area (Å²) in [6, 6.07) is 10.3. The summed E-state index contributed by atoms with van der Waals surface area (Å²) >= 11 is 1.52. The first-order valence-electron chi connectivity index (χ1n) is 10.5. The molecule has 3 heterocycles. The summed E-state index contributed by atoms with van der Waals surface area (Å²) in [7, 11) is 0. The van der Waals surface area contributed by atoms with Crippen molar-refractivity contribution in [3.63, 3.8) is 0 Å². The number of fused-ring (bicyclic) bond motifs is 5. The minimum Gasteiger partial charge on any atom is -0.298 e. The average molecular weight is 404 g/mol. The quantitative estimate of drug-likeness (QED) is 0.467. The second-order valence-corrected chi connectivity index (χ2v) is 9.25. The van der Waals surface area contributed by atoms with Crippen LogP contribution in [-0.2, 0) is 25.8 Å². The molecule has 1 aliphatic rings. The van der Waals surface area contributed by atoms with E-state index >= 15 is 0 Å². The summed E-state index contributed by atoms with van der Waals surface area (Å²) in [6.07, 6.45) is 7.14. The molecule has 29 heavy (non-hydrogen) atoms. The molecule has 0 aliphatic heterocycles. The average Bonchev–Trinajstić information content (AvgIpc) is 3.13. The number of hydrogen-bond acceptors (Lipinski definition) is 4. The number of hydrogen-bond donors (Lipinski definition) is 0. The maximum Gasteiger partial charge on any atom is 0.271 e. The summed E-state index contributed by atoms with van der Waals surface area (Å²) in [4.78, 5) is 24.0. The maximum atomic E-state index is 13.2. The largest absolute Gasteiger partial charge is 0.298 e. The molecule has 0 radical (unpaired) electrons. The number of benzene rings is 1. The van der Waals surface area contributed by atoms with E-state index in [0.717, 1.165) is 39.7 Å². The lowest BCUT2D eigenvalue weighted by atomic mass is 9.86. The van der Waals surface area contributed by atoms with Gasteiger partial charge in [-0.1, -0.05) is 44.2 Å². The van der Waals surface area contributed by atoms with E-state index in [4.69, 9.17) is 9.97 Å². The van der Waals surface area contributed by atoms with E-state index in [2.05, 4.69) is 26.0 Å². The van der Waals surface area contributed by atoms with Crippen LogP contribution in [-0.4, -0.2) is 14.5 Å². The zero-order valence-corrected chi connectivity index (χ0v) is 17.8. The Kier molecular flexibility index (Phi) is 4.70. The third-order valence-corrected chi connectivity index (χ3v) is 7.04. The number of aryl methyl sites for hydroxylation is 3. The Balaban J connectivity index is 1.64. The van der Waals surface area contributed by atoms with Gasteiger partial charge in [0.1, 0.15) is 9.53 Å². The van der Waals surface area contributed by atoms with Crippen molar-refractivity contribution in [3.8, 4) is 0 Å². The Morgan fingerprint density at radius 2 is 1.86 bits per heavy atom. The topological polar surface area (TPSA) is 47.8 Å². The van der Waals surface area contributed by atoms with Crippen molar-refractivity contribution in [1.82, 2.24) is 14.5 Å². The molecular weight excluding hydrogens is 378 g/mol. The molecule has 0 saturated carbocycles. The fraction of sp³-hybridized carbons (Fsp3) is 0.375. The Bertz CT molecular complexity index is 1250. The molecule has 5 heteroatoms. The summed E-state index contributed by atoms with van der Waals surface area (Å²) in [5.41, 5.74) is 6.16. The first kappa shape index (κ1) is 18.5. The molecule has 0 atom stereocenters. The van der Waals surface area contributed by atoms with Crippen LogP contribution in [0.4, 0.5) is 0 Å². The molecule has 4 aromatic rings. The smallest absolute Gasteiger partial charge is 0.271 e. The van der Waals surface area contributed by atoms with Crippen molar-refractivity contribution in [2.75, 3.05) is 0 Å². The van der Waals surface area contributed by atoms with E-state index in [1.807, 2.05) is 18.2 Å². The van der Waals surface area contributed by atoms with Gasteiger partial charge in [0.05, 0.1) is 11.8 Å². The molecule has 4 nitrogen and oxygen atoms in total. The number of pyridine rings is 1. The normalized spacial score (nSPS) is 14.0. The van der Waals surface area contributed by atoms with Crippen LogP contribution in [0.25, 0.3) is 20.4 Å². The summed E-state index contributed by atoms with van der Waals surface area (Å²) in [5.74, 6) is 0.395. The van der Waals surface area contributed by atoms with Gasteiger partial charge in [-0.2, -0.15) is 0 Å². The van der Waals surface area contributed by atoms with Gasteiger partial charge in [0.2, 0.25) is 0 Å². The van der Waals surface area contributed by atoms with Gasteiger partial charge in [-0.15, -0.1) is 11.3 Å². The fourth-order valence-electron chi connectivity index (χ4n) is 4.51. The molecule has 3 aromatic heterocycles. The van der Waals surface area contributed by atoms with Crippen molar-refractivity contribution in [1.29, 1.82) is 0 Å². The van der Waals surface area contributed by atoms with Gasteiger partial charge < -0.3 is 0 Å². The molecular formula is C24H25N3OS. The molecule has 0 N–H and O–H groups in total. The standard InChI is InChI=1S/C24H25N3OS/c1-15(2)20-18-11-7-6-10-17(18)19-21-22(29-23(19)26-20)24(28)27(14-25-21)13-12-16-8-4-3-5-9-16/h3-5,8-9,14-15H,6-7,10-13H2,1-2H3. The molecule has 148 valence electrons. The van der Waals surface area contributed by atoms with Crippen LogP contribution in [0.1, 0.15) is 55.0 Å². The Labute approximate surface area is 174 Å². The number of thiophene rings is 1. The van der Waals surface area contributed by atoms with Crippen molar-refractivity contribution in [3.05, 3.63) is 69.4 Å². The van der Waals surface area contributed by atoms with Gasteiger partial charge in [-0.25, -0.2) is 9.97 Å². The molecule has 0 fully saturated rings. The van der Waals surface area contributed by atoms with Gasteiger partial charge in [0.15, 0.2) is 0 Å². The van der Waals surface area contributed by atoms with Gasteiger partial charge in [0.25, 0.3) is 5.56 Å². The zero-order valence-electron chi connectivity index (χ0n) is 16.9. The second kappa shape index (κ2) is 7.38. The van der Waals surface area contributed by atoms with E-state index in [1.54, 1.807) is 10.9 Å². The summed E-state index contributed by atoms with van der Waals surface area (Å²) in [5, 5.41) is 1.14. The Morgan fingerprint density at radius 3 is 2.62 bits per heavy atom. The third kappa shape index (κ3) is 3.18. The minimum atomic E-state index is 0.0598. The van der Waals surface area contributed by atoms with Gasteiger partial charge in [-0.3, -0.25) is 9.36 Å². The molecule has 0 unspecified atom stereocenters. The zero-order chi connectivity index (χ0) is 20.0. The highest BCUT2D eigenvalue weighted by Gasteiger charge is 2.24. The molecule has 0 bridgehead atoms. The lowest BCUT2D eigenvalue weighted by Gasteiger charge is -2.21. The van der Waals surface area contributed by atoms with Crippen molar-refractivity contribution < 1.29 is 0 Å². The Hall–Kier alpha value is -2.53. The van der Waals surface area contributed by atoms with Crippen LogP contribution in [0.3, 0.4) is 0 Å². The van der Waals surface area contributed by atoms with Gasteiger partial charge in [0, 0.05) is 17.6 Å². The van der Waals surface area contributed by atoms with Gasteiger partial charge in [-0.05, 0) is 54.7 Å². The van der Waals surface area contributed by atoms with Crippen LogP contribution in [0.2, 0.25) is 0 Å². The van der Waals surface area contributed by atoms with Crippen LogP contribution in [0, 0.1) is 0 Å². The van der Waals surface area contributed by atoms with Crippen molar-refractivity contribution in [2.45, 2.75) is 58.4 Å². The van der Waals surface area contributed by atoms with Crippen LogP contribution >= 0.6 is 11.3 Å². The van der Waals surface area contributed by atoms with E-state index < -0.39 is 0 Å². The van der Waals surface area contributed by atoms with Crippen molar-refractivity contribution >= 4 is 31.8 Å². The molecule has 0 spiro atoms. The monoisotopic (exact) mass is 403 g/mol. The highest BCUT2D eigenvalue weighted by atomic mass is 32.1. The third-order valence-electron chi connectivity index (χ3n) is 5.98. The van der Waals surface area contributed by atoms with E-state index in [9.17, 15) is 4.79 Å². The predicted octanol–water partition coefficient (Wildman–Crippen LogP) is 5.25. The molecule has 0 saturated heterocycles. The lowest BCUT2D eigenvalue weighted by molar-refractivity contribution is 0.663. The number of nitrogens with zero attached hydrogens (tertiary/aromatic N) is 3. The highest BCUT2D eigenvalue weighted by molar-refractivity contribution is 7.25. The summed E-state index contributed by atoms with van der Waals surface area (Å²) < 4.78 is 2.50. The molecule has 1 aliphatic carbocycles. The van der Waals surface area contributed by atoms with Crippen LogP contribution in [0.15, 0.2) is 41.5 Å². The van der Waals surface area contributed by atoms with Crippen LogP contribution in [0.5, 0.6) is 0 Å². The fourth-order valence-corrected chi connectivity index (χ4v) is 5.63. The van der Waals surface area contributed by atoms with E-state index in [0.29, 0.717) is 12.5 Å². The SMILES string of the molecule is CC(C)c1nc2sc3c(=O)n(CCc4ccccc4)cnc3c2c2c1CCCC2. The Morgan fingerprint density at radius 1 is 1.10 bits per heavy atom. The first-order chi connectivity index (χ1) is 14.1. The molecule has 5 rings (SSSR count). The molecule has 0 amide bonds. The van der Waals surface area contributed by atoms with E-state index in [-0.39, 0.29) is 5.56 Å². The van der Waals surface area contributed by atoms with Crippen LogP contribution < -0.4 is 5.56 Å². The maximum absolute atomic E-state index is 13.2.